The second-order valence-electron chi connectivity index (χ2n) is 3.15. The average Bonchev–Trinajstić information content (AvgIpc) is 2.30. The molecule has 0 atom stereocenters. The summed E-state index contributed by atoms with van der Waals surface area (Å²) in [6.07, 6.45) is -3.51. The molecule has 1 aromatic heterocycles. The van der Waals surface area contributed by atoms with Gasteiger partial charge in [0, 0.05) is 11.6 Å². The number of pyridine rings is 1. The minimum atomic E-state index is -3.13. The van der Waals surface area contributed by atoms with Crippen LogP contribution in [0.5, 0.6) is 0 Å². The summed E-state index contributed by atoms with van der Waals surface area (Å²) in [4.78, 5) is 23.9. The third-order valence-corrected chi connectivity index (χ3v) is 2.35. The molecule has 0 aliphatic rings. The van der Waals surface area contributed by atoms with E-state index in [1.165, 1.54) is 0 Å². The van der Waals surface area contributed by atoms with Crippen molar-refractivity contribution in [3.8, 4) is 0 Å². The highest BCUT2D eigenvalue weighted by atomic mass is 35.5. The highest BCUT2D eigenvalue weighted by Crippen LogP contribution is 2.30. The summed E-state index contributed by atoms with van der Waals surface area (Å²) in [5, 5.41) is 10.2. The maximum Gasteiger partial charge on any atom is 0.310 e. The molecule has 0 saturated heterocycles. The van der Waals surface area contributed by atoms with Gasteiger partial charge < -0.3 is 4.74 Å². The molecule has 9 heteroatoms. The third kappa shape index (κ3) is 3.10. The largest absolute Gasteiger partial charge is 0.469 e. The maximum absolute atomic E-state index is 12.5. The Morgan fingerprint density at radius 2 is 2.28 bits per heavy atom. The zero-order chi connectivity index (χ0) is 13.9. The van der Waals surface area contributed by atoms with Gasteiger partial charge in [-0.15, -0.1) is 0 Å². The summed E-state index contributed by atoms with van der Waals surface area (Å²) in [6.45, 7) is 0. The first-order chi connectivity index (χ1) is 8.36. The SMILES string of the molecule is COC(=O)Cc1cc([N+](=O)[O-])c(C(F)F)nc1Cl. The standard InChI is InChI=1S/C9H7ClF2N2O4/c1-18-6(15)3-4-2-5(14(16)17)7(9(11)12)13-8(4)10/h2,9H,3H2,1H3. The van der Waals surface area contributed by atoms with Crippen LogP contribution >= 0.6 is 11.6 Å². The van der Waals surface area contributed by atoms with E-state index in [4.69, 9.17) is 11.6 Å². The van der Waals surface area contributed by atoms with Crippen LogP contribution in [0.25, 0.3) is 0 Å². The third-order valence-electron chi connectivity index (χ3n) is 2.02. The van der Waals surface area contributed by atoms with Crippen LogP contribution < -0.4 is 0 Å². The number of rotatable bonds is 4. The lowest BCUT2D eigenvalue weighted by atomic mass is 10.1. The van der Waals surface area contributed by atoms with Crippen molar-refractivity contribution in [2.24, 2.45) is 0 Å². The minimum absolute atomic E-state index is 0.0420. The fourth-order valence-electron chi connectivity index (χ4n) is 1.19. The van der Waals surface area contributed by atoms with E-state index in [-0.39, 0.29) is 17.1 Å². The fraction of sp³-hybridized carbons (Fsp3) is 0.333. The zero-order valence-electron chi connectivity index (χ0n) is 9.02. The van der Waals surface area contributed by atoms with E-state index in [0.717, 1.165) is 13.2 Å². The van der Waals surface area contributed by atoms with Crippen LogP contribution in [0.3, 0.4) is 0 Å². The molecule has 1 rings (SSSR count). The van der Waals surface area contributed by atoms with Crippen LogP contribution in [-0.2, 0) is 16.0 Å². The molecule has 18 heavy (non-hydrogen) atoms. The Balaban J connectivity index is 3.27. The van der Waals surface area contributed by atoms with Gasteiger partial charge in [0.15, 0.2) is 5.69 Å². The van der Waals surface area contributed by atoms with Crippen LogP contribution in [0.15, 0.2) is 6.07 Å². The monoisotopic (exact) mass is 280 g/mol. The molecule has 0 amide bonds. The molecule has 6 nitrogen and oxygen atoms in total. The van der Waals surface area contributed by atoms with Crippen LogP contribution in [0.4, 0.5) is 14.5 Å². The summed E-state index contributed by atoms with van der Waals surface area (Å²) in [5.41, 5.74) is -1.95. The second kappa shape index (κ2) is 5.67. The van der Waals surface area contributed by atoms with E-state index in [1.54, 1.807) is 0 Å². The Morgan fingerprint density at radius 1 is 1.67 bits per heavy atom. The Bertz CT molecular complexity index is 496. The van der Waals surface area contributed by atoms with Crippen molar-refractivity contribution < 1.29 is 23.2 Å². The van der Waals surface area contributed by atoms with Gasteiger partial charge >= 0.3 is 5.97 Å². The molecule has 0 radical (unpaired) electrons. The Hall–Kier alpha value is -1.83. The number of nitrogens with zero attached hydrogens (tertiary/aromatic N) is 2. The Morgan fingerprint density at radius 3 is 2.72 bits per heavy atom. The molecule has 1 aromatic rings. The number of methoxy groups -OCH3 is 1. The van der Waals surface area contributed by atoms with Crippen molar-refractivity contribution in [2.45, 2.75) is 12.8 Å². The number of carbonyl (C=O) groups excluding carboxylic acids is 1. The summed E-state index contributed by atoms with van der Waals surface area (Å²) in [6, 6.07) is 0.799. The molecule has 1 heterocycles. The lowest BCUT2D eigenvalue weighted by molar-refractivity contribution is -0.386. The minimum Gasteiger partial charge on any atom is -0.469 e. The zero-order valence-corrected chi connectivity index (χ0v) is 9.78. The predicted molar refractivity (Wildman–Crippen MR) is 56.6 cm³/mol. The average molecular weight is 281 g/mol. The molecular formula is C9H7ClF2N2O4. The number of hydrogen-bond donors (Lipinski definition) is 0. The van der Waals surface area contributed by atoms with Crippen molar-refractivity contribution in [3.05, 3.63) is 32.6 Å². The number of halogens is 3. The Kier molecular flexibility index (Phi) is 4.49. The normalized spacial score (nSPS) is 10.5. The molecule has 0 spiro atoms. The summed E-state index contributed by atoms with van der Waals surface area (Å²) >= 11 is 5.58. The molecule has 0 aromatic carbocycles. The van der Waals surface area contributed by atoms with E-state index < -0.39 is 28.7 Å². The molecule has 0 saturated carbocycles. The van der Waals surface area contributed by atoms with Crippen molar-refractivity contribution in [1.82, 2.24) is 4.98 Å². The van der Waals surface area contributed by atoms with Crippen LogP contribution in [0.2, 0.25) is 5.15 Å². The number of esters is 1. The molecule has 0 fully saturated rings. The summed E-state index contributed by atoms with van der Waals surface area (Å²) in [7, 11) is 1.12. The molecule has 0 aliphatic heterocycles. The molecule has 0 unspecified atom stereocenters. The van der Waals surface area contributed by atoms with Gasteiger partial charge in [0.05, 0.1) is 18.5 Å². The molecule has 0 N–H and O–H groups in total. The number of nitro groups is 1. The first kappa shape index (κ1) is 14.2. The lowest BCUT2D eigenvalue weighted by Gasteiger charge is -2.06. The van der Waals surface area contributed by atoms with Gasteiger partial charge in [-0.25, -0.2) is 13.8 Å². The lowest BCUT2D eigenvalue weighted by Crippen LogP contribution is -2.08. The number of hydrogen-bond acceptors (Lipinski definition) is 5. The second-order valence-corrected chi connectivity index (χ2v) is 3.51. The summed E-state index contributed by atoms with van der Waals surface area (Å²) < 4.78 is 29.4. The van der Waals surface area contributed by atoms with Gasteiger partial charge in [-0.3, -0.25) is 14.9 Å². The first-order valence-electron chi connectivity index (χ1n) is 4.55. The van der Waals surface area contributed by atoms with E-state index in [0.29, 0.717) is 0 Å². The first-order valence-corrected chi connectivity index (χ1v) is 4.93. The van der Waals surface area contributed by atoms with Gasteiger partial charge in [-0.2, -0.15) is 0 Å². The smallest absolute Gasteiger partial charge is 0.310 e. The van der Waals surface area contributed by atoms with Crippen LogP contribution in [0, 0.1) is 10.1 Å². The van der Waals surface area contributed by atoms with E-state index in [2.05, 4.69) is 9.72 Å². The molecule has 0 aliphatic carbocycles. The maximum atomic E-state index is 12.5. The van der Waals surface area contributed by atoms with E-state index in [9.17, 15) is 23.7 Å². The fourth-order valence-corrected chi connectivity index (χ4v) is 1.40. The van der Waals surface area contributed by atoms with Gasteiger partial charge in [0.2, 0.25) is 0 Å². The summed E-state index contributed by atoms with van der Waals surface area (Å²) in [5.74, 6) is -0.710. The highest BCUT2D eigenvalue weighted by molar-refractivity contribution is 6.30. The molecule has 98 valence electrons. The van der Waals surface area contributed by atoms with Crippen molar-refractivity contribution in [2.75, 3.05) is 7.11 Å². The van der Waals surface area contributed by atoms with Crippen molar-refractivity contribution in [3.63, 3.8) is 0 Å². The van der Waals surface area contributed by atoms with Crippen LogP contribution in [0.1, 0.15) is 17.7 Å². The Labute approximate surface area is 105 Å². The van der Waals surface area contributed by atoms with Crippen LogP contribution in [-0.4, -0.2) is 23.0 Å². The quantitative estimate of drug-likeness (QED) is 0.366. The molecular weight excluding hydrogens is 274 g/mol. The van der Waals surface area contributed by atoms with Gasteiger partial charge in [-0.05, 0) is 0 Å². The highest BCUT2D eigenvalue weighted by Gasteiger charge is 2.26. The van der Waals surface area contributed by atoms with Crippen molar-refractivity contribution >= 4 is 23.3 Å². The predicted octanol–water partition coefficient (Wildman–Crippen LogP) is 2.30. The van der Waals surface area contributed by atoms with E-state index in [1.807, 2.05) is 0 Å². The van der Waals surface area contributed by atoms with E-state index >= 15 is 0 Å². The van der Waals surface area contributed by atoms with Gasteiger partial charge in [0.25, 0.3) is 12.1 Å². The number of alkyl halides is 2. The molecule has 0 bridgehead atoms. The number of carbonyl (C=O) groups is 1. The number of ether oxygens (including phenoxy) is 1. The van der Waals surface area contributed by atoms with Gasteiger partial charge in [0.1, 0.15) is 5.15 Å². The number of aromatic nitrogens is 1. The van der Waals surface area contributed by atoms with Gasteiger partial charge in [-0.1, -0.05) is 11.6 Å². The topological polar surface area (TPSA) is 82.3 Å². The van der Waals surface area contributed by atoms with Crippen molar-refractivity contribution in [1.29, 1.82) is 0 Å².